The monoisotopic (exact) mass is 235 g/mol. The highest BCUT2D eigenvalue weighted by Gasteiger charge is 2.01. The summed E-state index contributed by atoms with van der Waals surface area (Å²) in [6.07, 6.45) is 1.88. The average molecular weight is 235 g/mol. The van der Waals surface area contributed by atoms with E-state index in [1.807, 2.05) is 61.7 Å². The summed E-state index contributed by atoms with van der Waals surface area (Å²) >= 11 is 0. The maximum absolute atomic E-state index is 4.32. The first kappa shape index (κ1) is 10.7. The summed E-state index contributed by atoms with van der Waals surface area (Å²) in [5.41, 5.74) is 3.98. The minimum absolute atomic E-state index is 0.869. The summed E-state index contributed by atoms with van der Waals surface area (Å²) in [6, 6.07) is 16.0. The molecule has 88 valence electrons. The van der Waals surface area contributed by atoms with Crippen molar-refractivity contribution in [1.29, 1.82) is 0 Å². The van der Waals surface area contributed by atoms with Crippen LogP contribution in [0.25, 0.3) is 10.9 Å². The third-order valence-electron chi connectivity index (χ3n) is 2.95. The molecule has 0 aliphatic rings. The predicted octanol–water partition coefficient (Wildman–Crippen LogP) is 4.89. The standard InChI is InChI=1S/C15H13N3/c1-11-6-2-4-8-13(11)17-18-15-10-16-14-9-5-3-7-12(14)15/h2-10,16H,1H3. The first-order valence-electron chi connectivity index (χ1n) is 5.88. The van der Waals surface area contributed by atoms with Crippen molar-refractivity contribution in [3.8, 4) is 0 Å². The molecule has 0 saturated heterocycles. The molecule has 1 N–H and O–H groups in total. The van der Waals surface area contributed by atoms with Crippen molar-refractivity contribution in [2.45, 2.75) is 6.92 Å². The smallest absolute Gasteiger partial charge is 0.111 e. The number of hydrogen-bond acceptors (Lipinski definition) is 2. The van der Waals surface area contributed by atoms with Crippen molar-refractivity contribution >= 4 is 22.3 Å². The zero-order valence-corrected chi connectivity index (χ0v) is 10.1. The summed E-state index contributed by atoms with van der Waals surface area (Å²) in [4.78, 5) is 3.19. The van der Waals surface area contributed by atoms with Gasteiger partial charge in [0.2, 0.25) is 0 Å². The fourth-order valence-corrected chi connectivity index (χ4v) is 1.92. The fourth-order valence-electron chi connectivity index (χ4n) is 1.92. The van der Waals surface area contributed by atoms with Crippen LogP contribution < -0.4 is 0 Å². The van der Waals surface area contributed by atoms with Crippen LogP contribution in [0.5, 0.6) is 0 Å². The van der Waals surface area contributed by atoms with E-state index in [4.69, 9.17) is 0 Å². The van der Waals surface area contributed by atoms with Crippen molar-refractivity contribution in [2.75, 3.05) is 0 Å². The minimum atomic E-state index is 0.869. The Bertz CT molecular complexity index is 710. The van der Waals surface area contributed by atoms with Gasteiger partial charge in [-0.2, -0.15) is 5.11 Å². The molecule has 0 fully saturated rings. The Morgan fingerprint density at radius 2 is 1.56 bits per heavy atom. The molecular weight excluding hydrogens is 222 g/mol. The molecule has 0 radical (unpaired) electrons. The molecule has 3 heteroatoms. The molecule has 2 aromatic carbocycles. The van der Waals surface area contributed by atoms with Gasteiger partial charge in [0, 0.05) is 17.1 Å². The van der Waals surface area contributed by atoms with Crippen LogP contribution in [0.4, 0.5) is 11.4 Å². The number of nitrogens with one attached hydrogen (secondary N) is 1. The molecule has 1 heterocycles. The molecule has 1 aromatic heterocycles. The summed E-state index contributed by atoms with van der Waals surface area (Å²) in [5, 5.41) is 9.72. The molecule has 0 unspecified atom stereocenters. The number of nitrogens with zero attached hydrogens (tertiary/aromatic N) is 2. The number of aromatic nitrogens is 1. The minimum Gasteiger partial charge on any atom is -0.359 e. The van der Waals surface area contributed by atoms with Crippen LogP contribution in [0.3, 0.4) is 0 Å². The van der Waals surface area contributed by atoms with Gasteiger partial charge in [-0.3, -0.25) is 0 Å². The molecule has 0 amide bonds. The third kappa shape index (κ3) is 1.91. The summed E-state index contributed by atoms with van der Waals surface area (Å²) in [6.45, 7) is 2.03. The van der Waals surface area contributed by atoms with Crippen molar-refractivity contribution in [3.63, 3.8) is 0 Å². The third-order valence-corrected chi connectivity index (χ3v) is 2.95. The van der Waals surface area contributed by atoms with Crippen LogP contribution in [0.2, 0.25) is 0 Å². The number of benzene rings is 2. The molecular formula is C15H13N3. The van der Waals surface area contributed by atoms with Gasteiger partial charge in [-0.25, -0.2) is 0 Å². The highest BCUT2D eigenvalue weighted by Crippen LogP contribution is 2.27. The molecule has 0 saturated carbocycles. The predicted molar refractivity (Wildman–Crippen MR) is 73.7 cm³/mol. The van der Waals surface area contributed by atoms with Crippen LogP contribution in [0.15, 0.2) is 65.0 Å². The summed E-state index contributed by atoms with van der Waals surface area (Å²) in [5.74, 6) is 0. The number of para-hydroxylation sites is 1. The number of azo groups is 1. The molecule has 18 heavy (non-hydrogen) atoms. The largest absolute Gasteiger partial charge is 0.359 e. The van der Waals surface area contributed by atoms with E-state index in [1.165, 1.54) is 0 Å². The van der Waals surface area contributed by atoms with Gasteiger partial charge in [-0.1, -0.05) is 36.4 Å². The normalized spacial score (nSPS) is 11.4. The molecule has 0 aliphatic carbocycles. The van der Waals surface area contributed by atoms with E-state index in [2.05, 4.69) is 15.2 Å². The number of aryl methyl sites for hydroxylation is 1. The van der Waals surface area contributed by atoms with Gasteiger partial charge in [0.05, 0.1) is 5.69 Å². The molecule has 3 nitrogen and oxygen atoms in total. The molecule has 3 rings (SSSR count). The van der Waals surface area contributed by atoms with E-state index >= 15 is 0 Å². The fraction of sp³-hybridized carbons (Fsp3) is 0.0667. The van der Waals surface area contributed by atoms with Gasteiger partial charge in [0.1, 0.15) is 5.69 Å². The Balaban J connectivity index is 2.00. The van der Waals surface area contributed by atoms with Gasteiger partial charge in [-0.05, 0) is 24.6 Å². The van der Waals surface area contributed by atoms with Crippen molar-refractivity contribution < 1.29 is 0 Å². The second kappa shape index (κ2) is 4.45. The number of H-pyrrole nitrogens is 1. The lowest BCUT2D eigenvalue weighted by molar-refractivity contribution is 1.21. The number of fused-ring (bicyclic) bond motifs is 1. The van der Waals surface area contributed by atoms with Gasteiger partial charge < -0.3 is 4.98 Å². The van der Waals surface area contributed by atoms with E-state index in [1.54, 1.807) is 0 Å². The van der Waals surface area contributed by atoms with E-state index in [-0.39, 0.29) is 0 Å². The van der Waals surface area contributed by atoms with Crippen LogP contribution in [-0.4, -0.2) is 4.98 Å². The van der Waals surface area contributed by atoms with Crippen molar-refractivity contribution in [3.05, 3.63) is 60.3 Å². The van der Waals surface area contributed by atoms with Gasteiger partial charge in [0.15, 0.2) is 0 Å². The van der Waals surface area contributed by atoms with Gasteiger partial charge >= 0.3 is 0 Å². The van der Waals surface area contributed by atoms with Crippen molar-refractivity contribution in [2.24, 2.45) is 10.2 Å². The number of hydrogen-bond donors (Lipinski definition) is 1. The van der Waals surface area contributed by atoms with Crippen LogP contribution >= 0.6 is 0 Å². The lowest BCUT2D eigenvalue weighted by atomic mass is 10.2. The first-order chi connectivity index (χ1) is 8.84. The highest BCUT2D eigenvalue weighted by atomic mass is 15.1. The lowest BCUT2D eigenvalue weighted by Gasteiger charge is -1.96. The van der Waals surface area contributed by atoms with E-state index in [0.29, 0.717) is 0 Å². The molecule has 0 aliphatic heterocycles. The Kier molecular flexibility index (Phi) is 2.65. The number of aromatic amines is 1. The summed E-state index contributed by atoms with van der Waals surface area (Å²) in [7, 11) is 0. The van der Waals surface area contributed by atoms with Crippen LogP contribution in [-0.2, 0) is 0 Å². The molecule has 3 aromatic rings. The highest BCUT2D eigenvalue weighted by molar-refractivity contribution is 5.90. The Labute approximate surface area is 105 Å². The Morgan fingerprint density at radius 3 is 2.44 bits per heavy atom. The van der Waals surface area contributed by atoms with E-state index in [9.17, 15) is 0 Å². The lowest BCUT2D eigenvalue weighted by Crippen LogP contribution is -1.70. The molecule has 0 spiro atoms. The Morgan fingerprint density at radius 1 is 0.833 bits per heavy atom. The Hall–Kier alpha value is -2.42. The topological polar surface area (TPSA) is 40.5 Å². The SMILES string of the molecule is Cc1ccccc1N=Nc1c[nH]c2ccccc12. The van der Waals surface area contributed by atoms with Crippen molar-refractivity contribution in [1.82, 2.24) is 4.98 Å². The molecule has 0 bridgehead atoms. The maximum atomic E-state index is 4.32. The number of rotatable bonds is 2. The second-order valence-corrected chi connectivity index (χ2v) is 4.21. The van der Waals surface area contributed by atoms with Gasteiger partial charge in [-0.15, -0.1) is 5.11 Å². The molecule has 0 atom stereocenters. The average Bonchev–Trinajstić information content (AvgIpc) is 2.81. The first-order valence-corrected chi connectivity index (χ1v) is 5.88. The second-order valence-electron chi connectivity index (χ2n) is 4.21. The summed E-state index contributed by atoms with van der Waals surface area (Å²) < 4.78 is 0. The van der Waals surface area contributed by atoms with E-state index < -0.39 is 0 Å². The maximum Gasteiger partial charge on any atom is 0.111 e. The van der Waals surface area contributed by atoms with Crippen LogP contribution in [0, 0.1) is 6.92 Å². The van der Waals surface area contributed by atoms with Crippen LogP contribution in [0.1, 0.15) is 5.56 Å². The zero-order chi connectivity index (χ0) is 12.4. The van der Waals surface area contributed by atoms with Gasteiger partial charge in [0.25, 0.3) is 0 Å². The van der Waals surface area contributed by atoms with E-state index in [0.717, 1.165) is 27.8 Å². The zero-order valence-electron chi connectivity index (χ0n) is 10.1. The quantitative estimate of drug-likeness (QED) is 0.614.